The molecule has 0 spiro atoms. The lowest BCUT2D eigenvalue weighted by molar-refractivity contribution is -0.122. The number of nitrogen functional groups attached to an aromatic ring is 1. The lowest BCUT2D eigenvalue weighted by Gasteiger charge is -2.15. The standard InChI is InChI=1S/C13H17N5O2/c1-9(10-4-3-5-11(6-10)20-2)16-12(19)7-18-8-15-13(14)17-18/h3-6,8-9H,7H2,1-2H3,(H2,14,17)(H,16,19). The Balaban J connectivity index is 1.96. The molecule has 2 rings (SSSR count). The van der Waals surface area contributed by atoms with E-state index in [1.807, 2.05) is 31.2 Å². The largest absolute Gasteiger partial charge is 0.497 e. The number of carbonyl (C=O) groups is 1. The number of rotatable bonds is 5. The maximum Gasteiger partial charge on any atom is 0.242 e. The van der Waals surface area contributed by atoms with Crippen molar-refractivity contribution in [2.45, 2.75) is 19.5 Å². The van der Waals surface area contributed by atoms with Crippen LogP contribution in [0, 0.1) is 0 Å². The van der Waals surface area contributed by atoms with E-state index >= 15 is 0 Å². The van der Waals surface area contributed by atoms with Gasteiger partial charge in [0.1, 0.15) is 18.6 Å². The fourth-order valence-corrected chi connectivity index (χ4v) is 1.81. The van der Waals surface area contributed by atoms with Gasteiger partial charge in [0.15, 0.2) is 0 Å². The number of hydrogen-bond acceptors (Lipinski definition) is 5. The highest BCUT2D eigenvalue weighted by Gasteiger charge is 2.11. The first-order chi connectivity index (χ1) is 9.58. The van der Waals surface area contributed by atoms with Crippen LogP contribution in [0.2, 0.25) is 0 Å². The molecule has 0 saturated heterocycles. The Morgan fingerprint density at radius 2 is 2.35 bits per heavy atom. The predicted molar refractivity (Wildman–Crippen MR) is 74.0 cm³/mol. The molecule has 0 aliphatic heterocycles. The molecule has 0 aliphatic carbocycles. The Morgan fingerprint density at radius 1 is 1.55 bits per heavy atom. The van der Waals surface area contributed by atoms with Crippen molar-refractivity contribution in [1.29, 1.82) is 0 Å². The van der Waals surface area contributed by atoms with Gasteiger partial charge in [-0.15, -0.1) is 5.10 Å². The molecule has 0 radical (unpaired) electrons. The molecule has 0 bridgehead atoms. The minimum Gasteiger partial charge on any atom is -0.497 e. The molecule has 0 fully saturated rings. The van der Waals surface area contributed by atoms with Crippen LogP contribution >= 0.6 is 0 Å². The molecule has 1 amide bonds. The summed E-state index contributed by atoms with van der Waals surface area (Å²) in [5.74, 6) is 0.747. The summed E-state index contributed by atoms with van der Waals surface area (Å²) in [5, 5.41) is 6.74. The van der Waals surface area contributed by atoms with E-state index in [1.165, 1.54) is 11.0 Å². The Labute approximate surface area is 116 Å². The number of aromatic nitrogens is 3. The van der Waals surface area contributed by atoms with Crippen molar-refractivity contribution in [3.63, 3.8) is 0 Å². The smallest absolute Gasteiger partial charge is 0.242 e. The van der Waals surface area contributed by atoms with E-state index in [9.17, 15) is 4.79 Å². The summed E-state index contributed by atoms with van der Waals surface area (Å²) in [5.41, 5.74) is 6.36. The van der Waals surface area contributed by atoms with Crippen LogP contribution < -0.4 is 15.8 Å². The zero-order chi connectivity index (χ0) is 14.5. The van der Waals surface area contributed by atoms with Crippen molar-refractivity contribution < 1.29 is 9.53 Å². The molecule has 1 unspecified atom stereocenters. The third-order valence-electron chi connectivity index (χ3n) is 2.83. The van der Waals surface area contributed by atoms with Crippen LogP contribution in [-0.2, 0) is 11.3 Å². The zero-order valence-corrected chi connectivity index (χ0v) is 11.4. The monoisotopic (exact) mass is 275 g/mol. The lowest BCUT2D eigenvalue weighted by atomic mass is 10.1. The third kappa shape index (κ3) is 3.47. The minimum atomic E-state index is -0.162. The first kappa shape index (κ1) is 13.9. The molecular formula is C13H17N5O2. The van der Waals surface area contributed by atoms with Gasteiger partial charge >= 0.3 is 0 Å². The molecule has 1 aromatic carbocycles. The SMILES string of the molecule is COc1cccc(C(C)NC(=O)Cn2cnc(N)n2)c1. The van der Waals surface area contributed by atoms with Crippen molar-refractivity contribution in [3.05, 3.63) is 36.2 Å². The number of anilines is 1. The lowest BCUT2D eigenvalue weighted by Crippen LogP contribution is -2.30. The van der Waals surface area contributed by atoms with Crippen molar-refractivity contribution in [3.8, 4) is 5.75 Å². The number of benzene rings is 1. The number of nitrogens with zero attached hydrogens (tertiary/aromatic N) is 3. The molecule has 7 heteroatoms. The second-order valence-corrected chi connectivity index (χ2v) is 4.37. The number of nitrogens with one attached hydrogen (secondary N) is 1. The van der Waals surface area contributed by atoms with E-state index in [0.29, 0.717) is 0 Å². The van der Waals surface area contributed by atoms with Gasteiger partial charge in [-0.3, -0.25) is 4.79 Å². The van der Waals surface area contributed by atoms with Gasteiger partial charge in [0.2, 0.25) is 11.9 Å². The summed E-state index contributed by atoms with van der Waals surface area (Å²) in [4.78, 5) is 15.7. The first-order valence-corrected chi connectivity index (χ1v) is 6.16. The fraction of sp³-hybridized carbons (Fsp3) is 0.308. The normalized spacial score (nSPS) is 11.9. The minimum absolute atomic E-state index is 0.0819. The summed E-state index contributed by atoms with van der Waals surface area (Å²) in [6, 6.07) is 7.43. The number of ether oxygens (including phenoxy) is 1. The molecule has 0 aliphatic rings. The summed E-state index contributed by atoms with van der Waals surface area (Å²) < 4.78 is 6.55. The van der Waals surface area contributed by atoms with Crippen LogP contribution in [0.15, 0.2) is 30.6 Å². The summed E-state index contributed by atoms with van der Waals surface area (Å²) >= 11 is 0. The van der Waals surface area contributed by atoms with Gasteiger partial charge in [0.05, 0.1) is 13.2 Å². The van der Waals surface area contributed by atoms with Crippen LogP contribution in [0.5, 0.6) is 5.75 Å². The van der Waals surface area contributed by atoms with E-state index in [2.05, 4.69) is 15.4 Å². The van der Waals surface area contributed by atoms with Gasteiger partial charge in [0, 0.05) is 0 Å². The summed E-state index contributed by atoms with van der Waals surface area (Å²) in [7, 11) is 1.61. The van der Waals surface area contributed by atoms with Gasteiger partial charge in [0.25, 0.3) is 0 Å². The number of nitrogens with two attached hydrogens (primary N) is 1. The second kappa shape index (κ2) is 6.05. The van der Waals surface area contributed by atoms with Crippen LogP contribution in [-0.4, -0.2) is 27.8 Å². The van der Waals surface area contributed by atoms with Crippen LogP contribution in [0.3, 0.4) is 0 Å². The molecule has 1 atom stereocenters. The van der Waals surface area contributed by atoms with Crippen LogP contribution in [0.25, 0.3) is 0 Å². The zero-order valence-electron chi connectivity index (χ0n) is 11.4. The third-order valence-corrected chi connectivity index (χ3v) is 2.83. The summed E-state index contributed by atoms with van der Waals surface area (Å²) in [6.45, 7) is 1.99. The van der Waals surface area contributed by atoms with E-state index in [1.54, 1.807) is 7.11 Å². The van der Waals surface area contributed by atoms with E-state index in [-0.39, 0.29) is 24.4 Å². The molecule has 7 nitrogen and oxygen atoms in total. The maximum atomic E-state index is 11.9. The van der Waals surface area contributed by atoms with E-state index < -0.39 is 0 Å². The second-order valence-electron chi connectivity index (χ2n) is 4.37. The fourth-order valence-electron chi connectivity index (χ4n) is 1.81. The molecule has 1 aromatic heterocycles. The van der Waals surface area contributed by atoms with Crippen LogP contribution in [0.4, 0.5) is 5.95 Å². The Kier molecular flexibility index (Phi) is 4.19. The van der Waals surface area contributed by atoms with Crippen molar-refractivity contribution in [2.75, 3.05) is 12.8 Å². The van der Waals surface area contributed by atoms with Crippen LogP contribution in [0.1, 0.15) is 18.5 Å². The highest BCUT2D eigenvalue weighted by molar-refractivity contribution is 5.76. The molecule has 20 heavy (non-hydrogen) atoms. The molecule has 1 heterocycles. The van der Waals surface area contributed by atoms with Gasteiger partial charge in [-0.25, -0.2) is 9.67 Å². The molecular weight excluding hydrogens is 258 g/mol. The number of methoxy groups -OCH3 is 1. The van der Waals surface area contributed by atoms with E-state index in [4.69, 9.17) is 10.5 Å². The molecule has 3 N–H and O–H groups in total. The van der Waals surface area contributed by atoms with Crippen molar-refractivity contribution in [1.82, 2.24) is 20.1 Å². The highest BCUT2D eigenvalue weighted by atomic mass is 16.5. The first-order valence-electron chi connectivity index (χ1n) is 6.16. The maximum absolute atomic E-state index is 11.9. The average Bonchev–Trinajstić information content (AvgIpc) is 2.83. The molecule has 106 valence electrons. The Hall–Kier alpha value is -2.57. The topological polar surface area (TPSA) is 95.1 Å². The number of hydrogen-bond donors (Lipinski definition) is 2. The highest BCUT2D eigenvalue weighted by Crippen LogP contribution is 2.18. The molecule has 2 aromatic rings. The Bertz CT molecular complexity index is 596. The van der Waals surface area contributed by atoms with Gasteiger partial charge < -0.3 is 15.8 Å². The van der Waals surface area contributed by atoms with Crippen molar-refractivity contribution in [2.24, 2.45) is 0 Å². The quantitative estimate of drug-likeness (QED) is 0.839. The van der Waals surface area contributed by atoms with Gasteiger partial charge in [-0.2, -0.15) is 0 Å². The number of amides is 1. The summed E-state index contributed by atoms with van der Waals surface area (Å²) in [6.07, 6.45) is 1.42. The van der Waals surface area contributed by atoms with Gasteiger partial charge in [-0.05, 0) is 24.6 Å². The molecule has 0 saturated carbocycles. The predicted octanol–water partition coefficient (Wildman–Crippen LogP) is 0.746. The average molecular weight is 275 g/mol. The Morgan fingerprint density at radius 3 is 3.00 bits per heavy atom. The van der Waals surface area contributed by atoms with Crippen molar-refractivity contribution >= 4 is 11.9 Å². The van der Waals surface area contributed by atoms with Gasteiger partial charge in [-0.1, -0.05) is 12.1 Å². The number of carbonyl (C=O) groups excluding carboxylic acids is 1. The van der Waals surface area contributed by atoms with E-state index in [0.717, 1.165) is 11.3 Å².